The zero-order valence-corrected chi connectivity index (χ0v) is 12.9. The lowest BCUT2D eigenvalue weighted by molar-refractivity contribution is 0.304. The van der Waals surface area contributed by atoms with Crippen molar-refractivity contribution in [3.63, 3.8) is 0 Å². The zero-order chi connectivity index (χ0) is 15.6. The Morgan fingerprint density at radius 2 is 2.19 bits per heavy atom. The molecule has 1 heterocycles. The molecule has 0 aliphatic carbocycles. The summed E-state index contributed by atoms with van der Waals surface area (Å²) in [6, 6.07) is 5.86. The fraction of sp³-hybridized carbons (Fsp3) is 0.308. The molecule has 1 aromatic heterocycles. The van der Waals surface area contributed by atoms with E-state index in [9.17, 15) is 10.0 Å². The van der Waals surface area contributed by atoms with Gasteiger partial charge in [-0.3, -0.25) is 20.3 Å². The summed E-state index contributed by atoms with van der Waals surface area (Å²) in [6.45, 7) is 2.48. The van der Waals surface area contributed by atoms with Gasteiger partial charge in [-0.05, 0) is 45.4 Å². The highest BCUT2D eigenvalue weighted by molar-refractivity contribution is 7.80. The highest BCUT2D eigenvalue weighted by Crippen LogP contribution is 2.36. The maximum absolute atomic E-state index is 10.4. The van der Waals surface area contributed by atoms with Crippen LogP contribution in [0.15, 0.2) is 23.4 Å². The standard InChI is InChI=1S/C13H17N5O2S/c1-8-4-5-10-9(6-8)11(14-15-13(21)16-20)12(19)18(10)7-17(2)3/h4-6,14,19H,7H2,1-3H3,(H,15,21). The predicted octanol–water partition coefficient (Wildman–Crippen LogP) is 2.14. The van der Waals surface area contributed by atoms with Crippen molar-refractivity contribution >= 4 is 33.9 Å². The van der Waals surface area contributed by atoms with Gasteiger partial charge in [0.15, 0.2) is 0 Å². The van der Waals surface area contributed by atoms with Crippen LogP contribution in [0.1, 0.15) is 5.56 Å². The molecule has 0 radical (unpaired) electrons. The van der Waals surface area contributed by atoms with Crippen LogP contribution in [0.5, 0.6) is 5.88 Å². The molecule has 0 atom stereocenters. The quantitative estimate of drug-likeness (QED) is 0.456. The first kappa shape index (κ1) is 15.2. The van der Waals surface area contributed by atoms with Gasteiger partial charge in [0, 0.05) is 10.6 Å². The molecule has 0 saturated heterocycles. The van der Waals surface area contributed by atoms with Crippen molar-refractivity contribution in [2.24, 2.45) is 5.18 Å². The number of hydrogen-bond acceptors (Lipinski definition) is 5. The van der Waals surface area contributed by atoms with Crippen molar-refractivity contribution in [1.29, 1.82) is 0 Å². The zero-order valence-electron chi connectivity index (χ0n) is 12.0. The van der Waals surface area contributed by atoms with Gasteiger partial charge in [-0.15, -0.1) is 4.91 Å². The molecule has 0 spiro atoms. The number of nitrogens with one attached hydrogen (secondary N) is 2. The molecule has 0 fully saturated rings. The van der Waals surface area contributed by atoms with Crippen molar-refractivity contribution < 1.29 is 5.11 Å². The Morgan fingerprint density at radius 3 is 2.81 bits per heavy atom. The molecule has 21 heavy (non-hydrogen) atoms. The molecule has 0 saturated carbocycles. The minimum Gasteiger partial charge on any atom is -0.493 e. The molecule has 0 amide bonds. The van der Waals surface area contributed by atoms with E-state index in [-0.39, 0.29) is 11.0 Å². The monoisotopic (exact) mass is 307 g/mol. The van der Waals surface area contributed by atoms with E-state index in [1.54, 1.807) is 4.57 Å². The number of anilines is 1. The number of aromatic hydroxyl groups is 1. The molecule has 7 nitrogen and oxygen atoms in total. The van der Waals surface area contributed by atoms with Crippen LogP contribution in [-0.2, 0) is 6.67 Å². The van der Waals surface area contributed by atoms with Crippen LogP contribution in [0.4, 0.5) is 5.69 Å². The Labute approximate surface area is 127 Å². The number of rotatable bonds is 4. The Balaban J connectivity index is 2.51. The fourth-order valence-corrected chi connectivity index (χ4v) is 2.19. The van der Waals surface area contributed by atoms with Crippen molar-refractivity contribution in [3.8, 4) is 5.88 Å². The largest absolute Gasteiger partial charge is 0.493 e. The molecule has 2 aromatic rings. The Hall–Kier alpha value is -2.19. The number of thiocarbonyl (C=S) groups is 1. The molecule has 0 aliphatic heterocycles. The number of nitroso groups, excluding NO2 is 1. The normalized spacial score (nSPS) is 10.9. The van der Waals surface area contributed by atoms with Crippen LogP contribution in [0, 0.1) is 11.8 Å². The van der Waals surface area contributed by atoms with Crippen molar-refractivity contribution in [2.45, 2.75) is 13.6 Å². The summed E-state index contributed by atoms with van der Waals surface area (Å²) in [4.78, 5) is 12.2. The molecule has 8 heteroatoms. The molecule has 0 bridgehead atoms. The number of benzene rings is 1. The van der Waals surface area contributed by atoms with Gasteiger partial charge in [0.25, 0.3) is 5.11 Å². The second-order valence-electron chi connectivity index (χ2n) is 5.01. The minimum absolute atomic E-state index is 0.0606. The van der Waals surface area contributed by atoms with Crippen LogP contribution >= 0.6 is 12.2 Å². The van der Waals surface area contributed by atoms with Gasteiger partial charge < -0.3 is 5.11 Å². The number of nitrogens with zero attached hydrogens (tertiary/aromatic N) is 3. The number of hydrogen-bond donors (Lipinski definition) is 3. The summed E-state index contributed by atoms with van der Waals surface area (Å²) in [7, 11) is 3.83. The topological polar surface area (TPSA) is 81.9 Å². The maximum atomic E-state index is 10.4. The summed E-state index contributed by atoms with van der Waals surface area (Å²) >= 11 is 4.67. The smallest absolute Gasteiger partial charge is 0.254 e. The lowest BCUT2D eigenvalue weighted by Crippen LogP contribution is -2.25. The third-order valence-electron chi connectivity index (χ3n) is 2.99. The fourth-order valence-electron chi connectivity index (χ4n) is 2.14. The van der Waals surface area contributed by atoms with Gasteiger partial charge >= 0.3 is 0 Å². The first-order valence-corrected chi connectivity index (χ1v) is 6.70. The lowest BCUT2D eigenvalue weighted by Gasteiger charge is -2.13. The number of aryl methyl sites for hydroxylation is 1. The summed E-state index contributed by atoms with van der Waals surface area (Å²) in [5, 5.41) is 13.6. The van der Waals surface area contributed by atoms with Crippen molar-refractivity contribution in [1.82, 2.24) is 14.9 Å². The predicted molar refractivity (Wildman–Crippen MR) is 87.2 cm³/mol. The Morgan fingerprint density at radius 1 is 1.48 bits per heavy atom. The molecule has 2 rings (SSSR count). The summed E-state index contributed by atoms with van der Waals surface area (Å²) in [5.74, 6) is 0.0606. The van der Waals surface area contributed by atoms with E-state index in [4.69, 9.17) is 0 Å². The van der Waals surface area contributed by atoms with E-state index in [2.05, 4.69) is 28.2 Å². The second kappa shape index (κ2) is 6.06. The van der Waals surface area contributed by atoms with Crippen molar-refractivity contribution in [3.05, 3.63) is 28.7 Å². The molecule has 0 aliphatic rings. The van der Waals surface area contributed by atoms with E-state index >= 15 is 0 Å². The molecule has 1 aromatic carbocycles. The summed E-state index contributed by atoms with van der Waals surface area (Å²) < 4.78 is 1.76. The SMILES string of the molecule is Cc1ccc2c(c1)c(NNC(=S)N=O)c(O)n2CN(C)C. The average Bonchev–Trinajstić information content (AvgIpc) is 2.68. The average molecular weight is 307 g/mol. The van der Waals surface area contributed by atoms with E-state index in [1.165, 1.54) is 0 Å². The van der Waals surface area contributed by atoms with Crippen LogP contribution in [0.2, 0.25) is 0 Å². The third kappa shape index (κ3) is 3.11. The van der Waals surface area contributed by atoms with Crippen LogP contribution < -0.4 is 10.9 Å². The molecular weight excluding hydrogens is 290 g/mol. The lowest BCUT2D eigenvalue weighted by atomic mass is 10.1. The number of hydrazine groups is 1. The van der Waals surface area contributed by atoms with E-state index < -0.39 is 0 Å². The molecular formula is C13H17N5O2S. The van der Waals surface area contributed by atoms with Gasteiger partial charge in [0.1, 0.15) is 5.69 Å². The van der Waals surface area contributed by atoms with Crippen LogP contribution in [0.25, 0.3) is 10.9 Å². The first-order valence-electron chi connectivity index (χ1n) is 6.30. The highest BCUT2D eigenvalue weighted by Gasteiger charge is 2.17. The number of fused-ring (bicyclic) bond motifs is 1. The third-order valence-corrected chi connectivity index (χ3v) is 3.17. The summed E-state index contributed by atoms with van der Waals surface area (Å²) in [6.07, 6.45) is 0. The molecule has 112 valence electrons. The van der Waals surface area contributed by atoms with E-state index in [1.807, 2.05) is 44.1 Å². The first-order chi connectivity index (χ1) is 9.93. The van der Waals surface area contributed by atoms with Gasteiger partial charge in [-0.25, -0.2) is 0 Å². The minimum atomic E-state index is -0.226. The Kier molecular flexibility index (Phi) is 4.39. The van der Waals surface area contributed by atoms with Gasteiger partial charge in [0.2, 0.25) is 5.88 Å². The molecule has 3 N–H and O–H groups in total. The van der Waals surface area contributed by atoms with Crippen LogP contribution in [-0.4, -0.2) is 33.8 Å². The van der Waals surface area contributed by atoms with Crippen molar-refractivity contribution in [2.75, 3.05) is 19.5 Å². The Bertz CT molecular complexity index is 695. The van der Waals surface area contributed by atoms with Gasteiger partial charge in [0.05, 0.1) is 12.2 Å². The molecule has 0 unspecified atom stereocenters. The number of aromatic nitrogens is 1. The summed E-state index contributed by atoms with van der Waals surface area (Å²) in [5.41, 5.74) is 7.63. The van der Waals surface area contributed by atoms with Gasteiger partial charge in [-0.2, -0.15) is 0 Å². The van der Waals surface area contributed by atoms with Gasteiger partial charge in [-0.1, -0.05) is 11.6 Å². The van der Waals surface area contributed by atoms with Crippen LogP contribution in [0.3, 0.4) is 0 Å². The highest BCUT2D eigenvalue weighted by atomic mass is 32.1. The van der Waals surface area contributed by atoms with E-state index in [0.29, 0.717) is 12.4 Å². The van der Waals surface area contributed by atoms with E-state index in [0.717, 1.165) is 16.5 Å². The second-order valence-corrected chi connectivity index (χ2v) is 5.40. The maximum Gasteiger partial charge on any atom is 0.254 e.